The molecule has 0 aromatic carbocycles. The molecule has 0 radical (unpaired) electrons. The summed E-state index contributed by atoms with van der Waals surface area (Å²) in [6.07, 6.45) is 0. The first-order chi connectivity index (χ1) is 7.26. The quantitative estimate of drug-likeness (QED) is 0.781. The second kappa shape index (κ2) is 3.52. The molecular weight excluding hydrogens is 214 g/mol. The minimum Gasteiger partial charge on any atom is -0.361 e. The summed E-state index contributed by atoms with van der Waals surface area (Å²) in [5.41, 5.74) is 0.629. The van der Waals surface area contributed by atoms with Crippen LogP contribution in [0.5, 0.6) is 0 Å². The van der Waals surface area contributed by atoms with Gasteiger partial charge >= 0.3 is 0 Å². The molecule has 0 saturated carbocycles. The van der Waals surface area contributed by atoms with Crippen molar-refractivity contribution in [3.63, 3.8) is 0 Å². The highest BCUT2D eigenvalue weighted by Gasteiger charge is 2.43. The van der Waals surface area contributed by atoms with Crippen LogP contribution in [0.4, 0.5) is 8.78 Å². The molecule has 1 saturated heterocycles. The minimum atomic E-state index is -2.52. The highest BCUT2D eigenvalue weighted by atomic mass is 19.3. The lowest BCUT2D eigenvalue weighted by Crippen LogP contribution is -2.55. The van der Waals surface area contributed by atoms with Crippen LogP contribution in [0.1, 0.15) is 32.2 Å². The monoisotopic (exact) mass is 230 g/mol. The summed E-state index contributed by atoms with van der Waals surface area (Å²) >= 11 is 0. The van der Waals surface area contributed by atoms with Crippen molar-refractivity contribution >= 4 is 0 Å². The summed E-state index contributed by atoms with van der Waals surface area (Å²) in [7, 11) is 0. The van der Waals surface area contributed by atoms with Gasteiger partial charge in [-0.1, -0.05) is 25.9 Å². The molecule has 16 heavy (non-hydrogen) atoms. The van der Waals surface area contributed by atoms with E-state index in [9.17, 15) is 8.78 Å². The van der Waals surface area contributed by atoms with Crippen molar-refractivity contribution in [3.8, 4) is 0 Å². The first-order valence-electron chi connectivity index (χ1n) is 5.32. The van der Waals surface area contributed by atoms with Gasteiger partial charge in [0.05, 0.1) is 18.8 Å². The van der Waals surface area contributed by atoms with Gasteiger partial charge in [-0.2, -0.15) is 0 Å². The van der Waals surface area contributed by atoms with Crippen molar-refractivity contribution in [1.29, 1.82) is 0 Å². The van der Waals surface area contributed by atoms with E-state index in [0.717, 1.165) is 11.5 Å². The first-order valence-corrected chi connectivity index (χ1v) is 5.32. The topological polar surface area (TPSA) is 29.3 Å². The molecule has 2 rings (SSSR count). The van der Waals surface area contributed by atoms with Crippen molar-refractivity contribution in [2.24, 2.45) is 0 Å². The van der Waals surface area contributed by atoms with Crippen LogP contribution in [0.25, 0.3) is 0 Å². The number of aromatic nitrogens is 1. The van der Waals surface area contributed by atoms with Gasteiger partial charge in [-0.15, -0.1) is 0 Å². The number of nitrogens with zero attached hydrogens (tertiary/aromatic N) is 2. The van der Waals surface area contributed by atoms with Gasteiger partial charge in [0.1, 0.15) is 5.76 Å². The van der Waals surface area contributed by atoms with Gasteiger partial charge in [-0.05, 0) is 0 Å². The maximum atomic E-state index is 12.6. The van der Waals surface area contributed by atoms with Crippen LogP contribution in [-0.4, -0.2) is 29.1 Å². The van der Waals surface area contributed by atoms with Crippen molar-refractivity contribution in [2.45, 2.75) is 38.7 Å². The Hall–Kier alpha value is -0.970. The van der Waals surface area contributed by atoms with Crippen molar-refractivity contribution in [1.82, 2.24) is 10.1 Å². The molecule has 0 unspecified atom stereocenters. The molecule has 0 amide bonds. The summed E-state index contributed by atoms with van der Waals surface area (Å²) < 4.78 is 30.4. The molecule has 0 atom stereocenters. The largest absolute Gasteiger partial charge is 0.361 e. The first kappa shape index (κ1) is 11.5. The van der Waals surface area contributed by atoms with Crippen LogP contribution in [0.3, 0.4) is 0 Å². The van der Waals surface area contributed by atoms with Crippen LogP contribution >= 0.6 is 0 Å². The zero-order valence-corrected chi connectivity index (χ0v) is 9.76. The predicted octanol–water partition coefficient (Wildman–Crippen LogP) is 2.42. The molecule has 1 aromatic rings. The van der Waals surface area contributed by atoms with Gasteiger partial charge < -0.3 is 4.52 Å². The van der Waals surface area contributed by atoms with Crippen LogP contribution in [-0.2, 0) is 12.0 Å². The van der Waals surface area contributed by atoms with E-state index in [1.807, 2.05) is 26.8 Å². The van der Waals surface area contributed by atoms with Gasteiger partial charge in [-0.3, -0.25) is 4.90 Å². The molecule has 0 spiro atoms. The Morgan fingerprint density at radius 1 is 1.44 bits per heavy atom. The molecule has 0 bridgehead atoms. The fourth-order valence-corrected chi connectivity index (χ4v) is 1.69. The van der Waals surface area contributed by atoms with E-state index >= 15 is 0 Å². The average Bonchev–Trinajstić information content (AvgIpc) is 2.48. The summed E-state index contributed by atoms with van der Waals surface area (Å²) in [6.45, 7) is 6.16. The number of halogens is 2. The number of alkyl halides is 2. The molecule has 5 heteroatoms. The Bertz CT molecular complexity index is 374. The lowest BCUT2D eigenvalue weighted by Gasteiger charge is -2.37. The maximum absolute atomic E-state index is 12.6. The second-order valence-electron chi connectivity index (χ2n) is 5.43. The predicted molar refractivity (Wildman–Crippen MR) is 55.4 cm³/mol. The highest BCUT2D eigenvalue weighted by Crippen LogP contribution is 2.29. The number of likely N-dealkylation sites (tertiary alicyclic amines) is 1. The summed E-state index contributed by atoms with van der Waals surface area (Å²) in [6, 6.07) is 1.84. The summed E-state index contributed by atoms with van der Waals surface area (Å²) in [4.78, 5) is 1.66. The van der Waals surface area contributed by atoms with Gasteiger partial charge in [-0.25, -0.2) is 8.78 Å². The van der Waals surface area contributed by atoms with Gasteiger partial charge in [0.15, 0.2) is 0 Å². The van der Waals surface area contributed by atoms with Gasteiger partial charge in [0.2, 0.25) is 0 Å². The third-order valence-electron chi connectivity index (χ3n) is 2.59. The highest BCUT2D eigenvalue weighted by molar-refractivity contribution is 5.13. The molecule has 1 fully saturated rings. The molecule has 1 aliphatic rings. The van der Waals surface area contributed by atoms with Crippen molar-refractivity contribution < 1.29 is 13.3 Å². The SMILES string of the molecule is CC(C)(C)c1cc(CN2CC(F)(F)C2)no1. The Morgan fingerprint density at radius 3 is 2.50 bits per heavy atom. The molecule has 0 N–H and O–H groups in total. The molecule has 90 valence electrons. The number of hydrogen-bond donors (Lipinski definition) is 0. The van der Waals surface area contributed by atoms with E-state index in [4.69, 9.17) is 4.52 Å². The fourth-order valence-electron chi connectivity index (χ4n) is 1.69. The van der Waals surface area contributed by atoms with Crippen LogP contribution in [0.2, 0.25) is 0 Å². The van der Waals surface area contributed by atoms with Crippen LogP contribution in [0.15, 0.2) is 10.6 Å². The van der Waals surface area contributed by atoms with E-state index < -0.39 is 5.92 Å². The molecule has 1 aromatic heterocycles. The summed E-state index contributed by atoms with van der Waals surface area (Å²) in [5.74, 6) is -1.73. The smallest absolute Gasteiger partial charge is 0.272 e. The molecule has 3 nitrogen and oxygen atoms in total. The maximum Gasteiger partial charge on any atom is 0.272 e. The van der Waals surface area contributed by atoms with Crippen LogP contribution < -0.4 is 0 Å². The number of hydrogen-bond acceptors (Lipinski definition) is 3. The Morgan fingerprint density at radius 2 is 2.06 bits per heavy atom. The van der Waals surface area contributed by atoms with E-state index in [0.29, 0.717) is 6.54 Å². The third kappa shape index (κ3) is 2.40. The zero-order valence-electron chi connectivity index (χ0n) is 9.76. The molecule has 0 aliphatic carbocycles. The fraction of sp³-hybridized carbons (Fsp3) is 0.727. The average molecular weight is 230 g/mol. The lowest BCUT2D eigenvalue weighted by atomic mass is 9.93. The van der Waals surface area contributed by atoms with E-state index in [2.05, 4.69) is 5.16 Å². The standard InChI is InChI=1S/C11H16F2N2O/c1-10(2,3)9-4-8(14-16-9)5-15-6-11(12,13)7-15/h4H,5-7H2,1-3H3. The van der Waals surface area contributed by atoms with E-state index in [-0.39, 0.29) is 18.5 Å². The molecule has 1 aliphatic heterocycles. The Labute approximate surface area is 93.4 Å². The number of rotatable bonds is 2. The minimum absolute atomic E-state index is 0.0931. The molecule has 2 heterocycles. The zero-order chi connectivity index (χ0) is 12.0. The molecular formula is C11H16F2N2O. The van der Waals surface area contributed by atoms with E-state index in [1.165, 1.54) is 0 Å². The third-order valence-corrected chi connectivity index (χ3v) is 2.59. The Balaban J connectivity index is 1.94. The van der Waals surface area contributed by atoms with Gasteiger partial charge in [0.25, 0.3) is 5.92 Å². The lowest BCUT2D eigenvalue weighted by molar-refractivity contribution is -0.134. The second-order valence-corrected chi connectivity index (χ2v) is 5.43. The van der Waals surface area contributed by atoms with Gasteiger partial charge in [0, 0.05) is 18.0 Å². The Kier molecular flexibility index (Phi) is 2.53. The normalized spacial score (nSPS) is 20.8. The summed E-state index contributed by atoms with van der Waals surface area (Å²) in [5, 5.41) is 3.89. The van der Waals surface area contributed by atoms with E-state index in [1.54, 1.807) is 4.90 Å². The van der Waals surface area contributed by atoms with Crippen LogP contribution in [0, 0.1) is 0 Å². The van der Waals surface area contributed by atoms with Crippen molar-refractivity contribution in [2.75, 3.05) is 13.1 Å². The van der Waals surface area contributed by atoms with Crippen molar-refractivity contribution in [3.05, 3.63) is 17.5 Å².